The molecule has 0 aromatic rings. The average molecular weight is 238 g/mol. The first-order chi connectivity index (χ1) is 8.22. The van der Waals surface area contributed by atoms with Crippen LogP contribution >= 0.6 is 0 Å². The molecule has 2 aliphatic rings. The minimum absolute atomic E-state index is 0.00798. The van der Waals surface area contributed by atoms with E-state index in [4.69, 9.17) is 0 Å². The molecular formula is C13H22N2O2. The summed E-state index contributed by atoms with van der Waals surface area (Å²) in [4.78, 5) is 25.6. The van der Waals surface area contributed by atoms with Gasteiger partial charge in [-0.05, 0) is 25.2 Å². The number of nitrogens with one attached hydrogen (secondary N) is 1. The van der Waals surface area contributed by atoms with E-state index in [9.17, 15) is 9.59 Å². The van der Waals surface area contributed by atoms with Gasteiger partial charge in [-0.2, -0.15) is 0 Å². The Bertz CT molecular complexity index is 298. The fourth-order valence-corrected chi connectivity index (χ4v) is 2.97. The van der Waals surface area contributed by atoms with Crippen molar-refractivity contribution in [2.75, 3.05) is 13.1 Å². The molecule has 0 bridgehead atoms. The molecule has 1 saturated carbocycles. The van der Waals surface area contributed by atoms with Crippen molar-refractivity contribution in [1.29, 1.82) is 0 Å². The first-order valence-corrected chi connectivity index (χ1v) is 6.80. The number of amides is 2. The van der Waals surface area contributed by atoms with E-state index in [1.54, 1.807) is 4.90 Å². The van der Waals surface area contributed by atoms with Crippen molar-refractivity contribution in [2.24, 2.45) is 5.92 Å². The third-order valence-electron chi connectivity index (χ3n) is 3.84. The third kappa shape index (κ3) is 2.79. The van der Waals surface area contributed by atoms with Crippen molar-refractivity contribution in [1.82, 2.24) is 10.2 Å². The zero-order chi connectivity index (χ0) is 12.3. The van der Waals surface area contributed by atoms with Crippen LogP contribution in [0.15, 0.2) is 0 Å². The molecule has 1 heterocycles. The van der Waals surface area contributed by atoms with Gasteiger partial charge in [0.1, 0.15) is 6.04 Å². The molecule has 4 heteroatoms. The molecule has 2 fully saturated rings. The van der Waals surface area contributed by atoms with Crippen LogP contribution in [0.5, 0.6) is 0 Å². The molecule has 96 valence electrons. The summed E-state index contributed by atoms with van der Waals surface area (Å²) in [5.41, 5.74) is 0. The molecule has 1 unspecified atom stereocenters. The van der Waals surface area contributed by atoms with Crippen LogP contribution in [0.1, 0.15) is 45.4 Å². The van der Waals surface area contributed by atoms with Gasteiger partial charge in [-0.15, -0.1) is 0 Å². The van der Waals surface area contributed by atoms with E-state index in [1.807, 2.05) is 6.92 Å². The van der Waals surface area contributed by atoms with Crippen LogP contribution in [0.3, 0.4) is 0 Å². The molecule has 1 N–H and O–H groups in total. The van der Waals surface area contributed by atoms with Crippen molar-refractivity contribution in [3.8, 4) is 0 Å². The quantitative estimate of drug-likeness (QED) is 0.805. The number of carbonyl (C=O) groups is 2. The summed E-state index contributed by atoms with van der Waals surface area (Å²) < 4.78 is 0. The van der Waals surface area contributed by atoms with Gasteiger partial charge in [0.15, 0.2) is 0 Å². The summed E-state index contributed by atoms with van der Waals surface area (Å²) in [6.45, 7) is 2.99. The second-order valence-electron chi connectivity index (χ2n) is 5.20. The van der Waals surface area contributed by atoms with E-state index in [0.29, 0.717) is 12.5 Å². The molecule has 1 saturated heterocycles. The summed E-state index contributed by atoms with van der Waals surface area (Å²) >= 11 is 0. The largest absolute Gasteiger partial charge is 0.342 e. The SMILES string of the molecule is CCCN1CC(=O)NC(C2CCCCC2)C1=O. The molecule has 0 aromatic heterocycles. The highest BCUT2D eigenvalue weighted by Crippen LogP contribution is 2.28. The molecule has 1 aliphatic heterocycles. The molecule has 1 aliphatic carbocycles. The summed E-state index contributed by atoms with van der Waals surface area (Å²) in [6.07, 6.45) is 6.73. The minimum atomic E-state index is -0.247. The van der Waals surface area contributed by atoms with E-state index >= 15 is 0 Å². The Balaban J connectivity index is 2.03. The summed E-state index contributed by atoms with van der Waals surface area (Å²) in [5, 5.41) is 2.89. The zero-order valence-electron chi connectivity index (χ0n) is 10.6. The Morgan fingerprint density at radius 1 is 1.24 bits per heavy atom. The van der Waals surface area contributed by atoms with Crippen molar-refractivity contribution < 1.29 is 9.59 Å². The van der Waals surface area contributed by atoms with Crippen molar-refractivity contribution in [2.45, 2.75) is 51.5 Å². The molecular weight excluding hydrogens is 216 g/mol. The molecule has 0 spiro atoms. The van der Waals surface area contributed by atoms with Crippen LogP contribution in [-0.4, -0.2) is 35.8 Å². The predicted octanol–water partition coefficient (Wildman–Crippen LogP) is 1.30. The van der Waals surface area contributed by atoms with Gasteiger partial charge in [-0.3, -0.25) is 9.59 Å². The van der Waals surface area contributed by atoms with E-state index in [0.717, 1.165) is 19.3 Å². The Hall–Kier alpha value is -1.06. The topological polar surface area (TPSA) is 49.4 Å². The molecule has 0 aromatic carbocycles. The van der Waals surface area contributed by atoms with Crippen LogP contribution < -0.4 is 5.32 Å². The van der Waals surface area contributed by atoms with Gasteiger partial charge in [-0.1, -0.05) is 26.2 Å². The van der Waals surface area contributed by atoms with Gasteiger partial charge in [0.05, 0.1) is 6.54 Å². The average Bonchev–Trinajstić information content (AvgIpc) is 2.35. The monoisotopic (exact) mass is 238 g/mol. The zero-order valence-corrected chi connectivity index (χ0v) is 10.6. The highest BCUT2D eigenvalue weighted by Gasteiger charge is 2.37. The number of hydrogen-bond acceptors (Lipinski definition) is 2. The van der Waals surface area contributed by atoms with Crippen LogP contribution in [0.2, 0.25) is 0 Å². The van der Waals surface area contributed by atoms with Gasteiger partial charge < -0.3 is 10.2 Å². The van der Waals surface area contributed by atoms with Gasteiger partial charge in [0, 0.05) is 6.54 Å². The Morgan fingerprint density at radius 2 is 1.94 bits per heavy atom. The van der Waals surface area contributed by atoms with Gasteiger partial charge in [-0.25, -0.2) is 0 Å². The summed E-state index contributed by atoms with van der Waals surface area (Å²) in [6, 6.07) is -0.247. The summed E-state index contributed by atoms with van der Waals surface area (Å²) in [5.74, 6) is 0.506. The van der Waals surface area contributed by atoms with Gasteiger partial charge in [0.25, 0.3) is 0 Å². The second kappa shape index (κ2) is 5.52. The van der Waals surface area contributed by atoms with Crippen LogP contribution in [-0.2, 0) is 9.59 Å². The molecule has 2 rings (SSSR count). The fraction of sp³-hybridized carbons (Fsp3) is 0.846. The Morgan fingerprint density at radius 3 is 2.59 bits per heavy atom. The lowest BCUT2D eigenvalue weighted by Gasteiger charge is -2.37. The van der Waals surface area contributed by atoms with Gasteiger partial charge in [0.2, 0.25) is 11.8 Å². The smallest absolute Gasteiger partial charge is 0.245 e. The van der Waals surface area contributed by atoms with Gasteiger partial charge >= 0.3 is 0 Å². The third-order valence-corrected chi connectivity index (χ3v) is 3.84. The van der Waals surface area contributed by atoms with Crippen LogP contribution in [0.25, 0.3) is 0 Å². The number of carbonyl (C=O) groups excluding carboxylic acids is 2. The maximum absolute atomic E-state index is 12.3. The lowest BCUT2D eigenvalue weighted by atomic mass is 9.82. The Kier molecular flexibility index (Phi) is 4.02. The normalized spacial score (nSPS) is 27.1. The van der Waals surface area contributed by atoms with E-state index in [2.05, 4.69) is 5.32 Å². The lowest BCUT2D eigenvalue weighted by molar-refractivity contribution is -0.146. The second-order valence-corrected chi connectivity index (χ2v) is 5.20. The molecule has 2 amide bonds. The predicted molar refractivity (Wildman–Crippen MR) is 65.4 cm³/mol. The van der Waals surface area contributed by atoms with Crippen molar-refractivity contribution >= 4 is 11.8 Å². The highest BCUT2D eigenvalue weighted by molar-refractivity contribution is 5.95. The minimum Gasteiger partial charge on any atom is -0.342 e. The Labute approximate surface area is 103 Å². The van der Waals surface area contributed by atoms with Crippen LogP contribution in [0.4, 0.5) is 0 Å². The van der Waals surface area contributed by atoms with E-state index < -0.39 is 0 Å². The number of hydrogen-bond donors (Lipinski definition) is 1. The van der Waals surface area contributed by atoms with Crippen LogP contribution in [0, 0.1) is 5.92 Å². The summed E-state index contributed by atoms with van der Waals surface area (Å²) in [7, 11) is 0. The van der Waals surface area contributed by atoms with E-state index in [-0.39, 0.29) is 24.4 Å². The maximum Gasteiger partial charge on any atom is 0.245 e. The molecule has 17 heavy (non-hydrogen) atoms. The number of nitrogens with zero attached hydrogens (tertiary/aromatic N) is 1. The lowest BCUT2D eigenvalue weighted by Crippen LogP contribution is -2.60. The maximum atomic E-state index is 12.3. The number of rotatable bonds is 3. The van der Waals surface area contributed by atoms with Crippen molar-refractivity contribution in [3.05, 3.63) is 0 Å². The highest BCUT2D eigenvalue weighted by atomic mass is 16.2. The van der Waals surface area contributed by atoms with E-state index in [1.165, 1.54) is 19.3 Å². The fourth-order valence-electron chi connectivity index (χ4n) is 2.97. The van der Waals surface area contributed by atoms with Crippen molar-refractivity contribution in [3.63, 3.8) is 0 Å². The molecule has 1 atom stereocenters. The molecule has 0 radical (unpaired) electrons. The number of piperazine rings is 1. The molecule has 4 nitrogen and oxygen atoms in total. The first-order valence-electron chi connectivity index (χ1n) is 6.80. The first kappa shape index (κ1) is 12.4. The standard InChI is InChI=1S/C13H22N2O2/c1-2-8-15-9-11(16)14-12(13(15)17)10-6-4-3-5-7-10/h10,12H,2-9H2,1H3,(H,14,16).